The molecule has 2 aliphatic rings. The number of aryl methyl sites for hydroxylation is 1. The van der Waals surface area contributed by atoms with E-state index in [1.165, 1.54) is 17.5 Å². The van der Waals surface area contributed by atoms with Gasteiger partial charge in [0.05, 0.1) is 17.4 Å². The second kappa shape index (κ2) is 7.74. The first-order valence-electron chi connectivity index (χ1n) is 10.9. The Hall–Kier alpha value is -2.90. The number of hydrogen-bond acceptors (Lipinski definition) is 4. The normalized spacial score (nSPS) is 18.5. The van der Waals surface area contributed by atoms with Crippen LogP contribution < -0.4 is 5.69 Å². The zero-order valence-electron chi connectivity index (χ0n) is 17.4. The van der Waals surface area contributed by atoms with Gasteiger partial charge in [-0.3, -0.25) is 9.36 Å². The van der Waals surface area contributed by atoms with Crippen molar-refractivity contribution >= 4 is 16.9 Å². The smallest absolute Gasteiger partial charge is 0.341 e. The molecule has 0 bridgehead atoms. The summed E-state index contributed by atoms with van der Waals surface area (Å²) in [6, 6.07) is 8.15. The Labute approximate surface area is 175 Å². The predicted octanol–water partition coefficient (Wildman–Crippen LogP) is 2.45. The number of imidazole rings is 1. The molecule has 1 aromatic carbocycles. The molecule has 0 unspecified atom stereocenters. The van der Waals surface area contributed by atoms with Crippen molar-refractivity contribution in [1.82, 2.24) is 28.8 Å². The maximum atomic E-state index is 12.9. The van der Waals surface area contributed by atoms with Crippen LogP contribution in [0.1, 0.15) is 56.3 Å². The van der Waals surface area contributed by atoms with E-state index in [-0.39, 0.29) is 23.6 Å². The Bertz CT molecular complexity index is 1110. The highest BCUT2D eigenvalue weighted by Gasteiger charge is 2.31. The maximum Gasteiger partial charge on any atom is 0.345 e. The third kappa shape index (κ3) is 3.34. The molecule has 1 amide bonds. The first-order chi connectivity index (χ1) is 14.6. The minimum atomic E-state index is 0.00221. The van der Waals surface area contributed by atoms with Crippen LogP contribution >= 0.6 is 0 Å². The molecule has 30 heavy (non-hydrogen) atoms. The number of likely N-dealkylation sites (tertiary alicyclic amines) is 1. The van der Waals surface area contributed by atoms with E-state index in [1.807, 2.05) is 38.3 Å². The Kier molecular flexibility index (Phi) is 4.92. The summed E-state index contributed by atoms with van der Waals surface area (Å²) in [6.07, 6.45) is 7.93. The number of carbonyl (C=O) groups is 1. The summed E-state index contributed by atoms with van der Waals surface area (Å²) < 4.78 is 5.35. The largest absolute Gasteiger partial charge is 0.345 e. The van der Waals surface area contributed by atoms with Crippen LogP contribution in [0.15, 0.2) is 35.4 Å². The zero-order chi connectivity index (χ0) is 20.7. The van der Waals surface area contributed by atoms with Gasteiger partial charge in [0.2, 0.25) is 5.91 Å². The summed E-state index contributed by atoms with van der Waals surface area (Å²) in [5, 5.41) is 4.59. The molecule has 1 saturated heterocycles. The number of nitrogens with zero attached hydrogens (tertiary/aromatic N) is 6. The Morgan fingerprint density at radius 2 is 1.83 bits per heavy atom. The topological polar surface area (TPSA) is 78.0 Å². The summed E-state index contributed by atoms with van der Waals surface area (Å²) in [5.74, 6) is 1.27. The van der Waals surface area contributed by atoms with Gasteiger partial charge in [0, 0.05) is 32.1 Å². The number of piperidine rings is 1. The second-order valence-corrected chi connectivity index (χ2v) is 8.59. The minimum Gasteiger partial charge on any atom is -0.341 e. The van der Waals surface area contributed by atoms with Crippen LogP contribution in [0.5, 0.6) is 0 Å². The molecule has 0 spiro atoms. The predicted molar refractivity (Wildman–Crippen MR) is 113 cm³/mol. The lowest BCUT2D eigenvalue weighted by Gasteiger charge is -2.32. The first kappa shape index (κ1) is 19.1. The van der Waals surface area contributed by atoms with Crippen LogP contribution in [-0.2, 0) is 18.4 Å². The molecule has 5 rings (SSSR count). The number of benzene rings is 1. The molecule has 3 aromatic rings. The monoisotopic (exact) mass is 408 g/mol. The third-order valence-corrected chi connectivity index (χ3v) is 6.72. The fourth-order valence-corrected chi connectivity index (χ4v) is 5.05. The van der Waals surface area contributed by atoms with E-state index in [4.69, 9.17) is 0 Å². The lowest BCUT2D eigenvalue weighted by Crippen LogP contribution is -2.40. The number of fused-ring (bicyclic) bond motifs is 1. The van der Waals surface area contributed by atoms with E-state index < -0.39 is 0 Å². The molecular formula is C22H28N6O2. The van der Waals surface area contributed by atoms with Gasteiger partial charge < -0.3 is 9.47 Å². The van der Waals surface area contributed by atoms with Gasteiger partial charge in [0.25, 0.3) is 0 Å². The fourth-order valence-electron chi connectivity index (χ4n) is 5.05. The van der Waals surface area contributed by atoms with Crippen molar-refractivity contribution in [3.05, 3.63) is 46.9 Å². The van der Waals surface area contributed by atoms with Gasteiger partial charge in [-0.2, -0.15) is 5.10 Å². The number of aromatic nitrogens is 5. The molecule has 3 heterocycles. The van der Waals surface area contributed by atoms with Crippen molar-refractivity contribution in [2.45, 2.75) is 57.0 Å². The van der Waals surface area contributed by atoms with Crippen molar-refractivity contribution in [3.63, 3.8) is 0 Å². The average Bonchev–Trinajstić information content (AvgIpc) is 3.49. The van der Waals surface area contributed by atoms with Crippen molar-refractivity contribution in [3.8, 4) is 0 Å². The zero-order valence-corrected chi connectivity index (χ0v) is 17.4. The molecule has 0 N–H and O–H groups in total. The molecule has 0 radical (unpaired) electrons. The lowest BCUT2D eigenvalue weighted by molar-refractivity contribution is -0.132. The summed E-state index contributed by atoms with van der Waals surface area (Å²) in [5.41, 5.74) is 1.89. The molecule has 2 fully saturated rings. The van der Waals surface area contributed by atoms with Gasteiger partial charge in [0.1, 0.15) is 12.4 Å². The van der Waals surface area contributed by atoms with Crippen LogP contribution in [0, 0.1) is 0 Å². The van der Waals surface area contributed by atoms with Crippen LogP contribution in [0.4, 0.5) is 0 Å². The molecule has 0 atom stereocenters. The fraction of sp³-hybridized carbons (Fsp3) is 0.545. The summed E-state index contributed by atoms with van der Waals surface area (Å²) in [4.78, 5) is 31.9. The Balaban J connectivity index is 1.27. The standard InChI is InChI=1S/C22H28N6O2/c1-25-22(30)28(17-6-2-3-7-17)21(24-25)16-10-12-26(13-11-16)20(29)14-27-15-23-18-8-4-5-9-19(18)27/h4-5,8-9,15-17H,2-3,6-7,10-14H2,1H3. The Morgan fingerprint density at radius 3 is 2.60 bits per heavy atom. The van der Waals surface area contributed by atoms with Gasteiger partial charge in [-0.1, -0.05) is 25.0 Å². The maximum absolute atomic E-state index is 12.9. The number of amides is 1. The van der Waals surface area contributed by atoms with Crippen LogP contribution in [0.2, 0.25) is 0 Å². The molecule has 158 valence electrons. The van der Waals surface area contributed by atoms with Crippen LogP contribution in [-0.4, -0.2) is 47.8 Å². The SMILES string of the molecule is Cn1nc(C2CCN(C(=O)Cn3cnc4ccccc43)CC2)n(C2CCCC2)c1=O. The van der Waals surface area contributed by atoms with Gasteiger partial charge in [0.15, 0.2) is 0 Å². The van der Waals surface area contributed by atoms with E-state index in [2.05, 4.69) is 10.1 Å². The summed E-state index contributed by atoms with van der Waals surface area (Å²) in [7, 11) is 1.74. The van der Waals surface area contributed by atoms with Crippen LogP contribution in [0.3, 0.4) is 0 Å². The molecule has 8 heteroatoms. The number of carbonyl (C=O) groups excluding carboxylic acids is 1. The van der Waals surface area contributed by atoms with Gasteiger partial charge >= 0.3 is 5.69 Å². The molecule has 8 nitrogen and oxygen atoms in total. The van der Waals surface area contributed by atoms with Crippen molar-refractivity contribution in [1.29, 1.82) is 0 Å². The quantitative estimate of drug-likeness (QED) is 0.664. The van der Waals surface area contributed by atoms with Crippen LogP contribution in [0.25, 0.3) is 11.0 Å². The second-order valence-electron chi connectivity index (χ2n) is 8.59. The first-order valence-corrected chi connectivity index (χ1v) is 10.9. The molecular weight excluding hydrogens is 380 g/mol. The van der Waals surface area contributed by atoms with Gasteiger partial charge in [-0.15, -0.1) is 0 Å². The van der Waals surface area contributed by atoms with Crippen molar-refractivity contribution in [2.75, 3.05) is 13.1 Å². The average molecular weight is 409 g/mol. The molecule has 1 aliphatic carbocycles. The number of para-hydroxylation sites is 2. The van der Waals surface area contributed by atoms with Crippen molar-refractivity contribution in [2.24, 2.45) is 7.05 Å². The summed E-state index contributed by atoms with van der Waals surface area (Å²) in [6.45, 7) is 1.71. The number of hydrogen-bond donors (Lipinski definition) is 0. The highest BCUT2D eigenvalue weighted by Crippen LogP contribution is 2.33. The van der Waals surface area contributed by atoms with E-state index in [9.17, 15) is 9.59 Å². The molecule has 2 aromatic heterocycles. The van der Waals surface area contributed by atoms with E-state index in [1.54, 1.807) is 13.4 Å². The minimum absolute atomic E-state index is 0.00221. The van der Waals surface area contributed by atoms with Gasteiger partial charge in [-0.05, 0) is 37.8 Å². The van der Waals surface area contributed by atoms with E-state index in [0.29, 0.717) is 19.6 Å². The highest BCUT2D eigenvalue weighted by molar-refractivity contribution is 5.80. The molecule has 1 aliphatic heterocycles. The lowest BCUT2D eigenvalue weighted by atomic mass is 9.95. The Morgan fingerprint density at radius 1 is 1.10 bits per heavy atom. The van der Waals surface area contributed by atoms with E-state index in [0.717, 1.165) is 42.5 Å². The van der Waals surface area contributed by atoms with E-state index >= 15 is 0 Å². The third-order valence-electron chi connectivity index (χ3n) is 6.72. The number of rotatable bonds is 4. The van der Waals surface area contributed by atoms with Gasteiger partial charge in [-0.25, -0.2) is 14.5 Å². The highest BCUT2D eigenvalue weighted by atomic mass is 16.2. The van der Waals surface area contributed by atoms with Crippen molar-refractivity contribution < 1.29 is 4.79 Å². The summed E-state index contributed by atoms with van der Waals surface area (Å²) >= 11 is 0. The molecule has 1 saturated carbocycles.